The Hall–Kier alpha value is -2.89. The number of nitrogens with zero attached hydrogens (tertiary/aromatic N) is 1. The summed E-state index contributed by atoms with van der Waals surface area (Å²) in [6.07, 6.45) is 2.96. The van der Waals surface area contributed by atoms with E-state index in [0.29, 0.717) is 12.1 Å². The summed E-state index contributed by atoms with van der Waals surface area (Å²) in [6.45, 7) is 2.29. The predicted octanol–water partition coefficient (Wildman–Crippen LogP) is 3.47. The maximum Gasteiger partial charge on any atom is 0.323 e. The fraction of sp³-hybridized carbons (Fsp3) is 0.333. The first-order valence-corrected chi connectivity index (χ1v) is 9.21. The number of benzene rings is 2. The van der Waals surface area contributed by atoms with E-state index < -0.39 is 23.3 Å². The Kier molecular flexibility index (Phi) is 5.44. The number of nitrogens with two attached hydrogens (primary N) is 1. The second-order valence-electron chi connectivity index (χ2n) is 6.80. The zero-order valence-electron chi connectivity index (χ0n) is 15.4. The summed E-state index contributed by atoms with van der Waals surface area (Å²) in [4.78, 5) is 27.2. The van der Waals surface area contributed by atoms with Crippen LogP contribution in [0.3, 0.4) is 0 Å². The fourth-order valence-electron chi connectivity index (χ4n) is 3.65. The predicted molar refractivity (Wildman–Crippen MR) is 103 cm³/mol. The first kappa shape index (κ1) is 18.9. The highest BCUT2D eigenvalue weighted by molar-refractivity contribution is 5.98. The molecule has 0 saturated carbocycles. The molecule has 142 valence electrons. The first-order chi connectivity index (χ1) is 13.0. The third-order valence-corrected chi connectivity index (χ3v) is 5.19. The van der Waals surface area contributed by atoms with Crippen LogP contribution in [-0.4, -0.2) is 18.5 Å². The highest BCUT2D eigenvalue weighted by Gasteiger charge is 2.40. The molecule has 3 N–H and O–H groups in total. The zero-order valence-corrected chi connectivity index (χ0v) is 15.4. The van der Waals surface area contributed by atoms with Crippen molar-refractivity contribution in [1.82, 2.24) is 5.32 Å². The number of carbonyl (C=O) groups is 2. The second kappa shape index (κ2) is 7.78. The van der Waals surface area contributed by atoms with Gasteiger partial charge in [-0.3, -0.25) is 9.69 Å². The lowest BCUT2D eigenvalue weighted by atomic mass is 9.86. The molecular formula is C21H24FN3O2. The van der Waals surface area contributed by atoms with E-state index in [0.717, 1.165) is 30.5 Å². The zero-order chi connectivity index (χ0) is 19.4. The Labute approximate surface area is 158 Å². The van der Waals surface area contributed by atoms with Crippen molar-refractivity contribution < 1.29 is 14.0 Å². The molecule has 2 aromatic rings. The van der Waals surface area contributed by atoms with Crippen molar-refractivity contribution in [3.8, 4) is 0 Å². The molecule has 0 spiro atoms. The number of urea groups is 1. The van der Waals surface area contributed by atoms with E-state index in [1.807, 2.05) is 24.3 Å². The number of rotatable bonds is 4. The van der Waals surface area contributed by atoms with Crippen LogP contribution < -0.4 is 16.0 Å². The van der Waals surface area contributed by atoms with E-state index in [1.165, 1.54) is 18.2 Å². The minimum atomic E-state index is -1.47. The van der Waals surface area contributed by atoms with E-state index in [1.54, 1.807) is 17.9 Å². The van der Waals surface area contributed by atoms with Gasteiger partial charge >= 0.3 is 6.03 Å². The summed E-state index contributed by atoms with van der Waals surface area (Å²) in [5.41, 5.74) is 6.47. The van der Waals surface area contributed by atoms with E-state index in [9.17, 15) is 14.0 Å². The highest BCUT2D eigenvalue weighted by Crippen LogP contribution is 2.29. The molecule has 27 heavy (non-hydrogen) atoms. The lowest BCUT2D eigenvalue weighted by molar-refractivity contribution is -0.124. The number of nitrogens with one attached hydrogen (secondary N) is 1. The Morgan fingerprint density at radius 2 is 1.96 bits per heavy atom. The first-order valence-electron chi connectivity index (χ1n) is 9.21. The van der Waals surface area contributed by atoms with Gasteiger partial charge in [0.25, 0.3) is 0 Å². The number of halogens is 1. The van der Waals surface area contributed by atoms with Gasteiger partial charge in [0, 0.05) is 12.2 Å². The normalized spacial score (nSPS) is 16.0. The van der Waals surface area contributed by atoms with Gasteiger partial charge in [-0.25, -0.2) is 9.18 Å². The molecule has 5 nitrogen and oxygen atoms in total. The topological polar surface area (TPSA) is 75.4 Å². The molecule has 0 aliphatic carbocycles. The summed E-state index contributed by atoms with van der Waals surface area (Å²) in [5, 5.41) is 2.81. The SMILES string of the molecule is CCC(NC(=O)N1CCCCc2ccccc21)(C(N)=O)c1cccc(F)c1. The van der Waals surface area contributed by atoms with E-state index >= 15 is 0 Å². The average molecular weight is 369 g/mol. The average Bonchev–Trinajstić information content (AvgIpc) is 2.88. The Morgan fingerprint density at radius 1 is 1.19 bits per heavy atom. The monoisotopic (exact) mass is 369 g/mol. The van der Waals surface area contributed by atoms with Crippen LogP contribution in [-0.2, 0) is 16.8 Å². The van der Waals surface area contributed by atoms with Crippen LogP contribution in [0.5, 0.6) is 0 Å². The second-order valence-corrected chi connectivity index (χ2v) is 6.80. The molecule has 3 rings (SSSR count). The van der Waals surface area contributed by atoms with Gasteiger partial charge in [-0.15, -0.1) is 0 Å². The molecule has 0 bridgehead atoms. The molecule has 1 atom stereocenters. The van der Waals surface area contributed by atoms with Gasteiger partial charge in [-0.2, -0.15) is 0 Å². The van der Waals surface area contributed by atoms with E-state index in [2.05, 4.69) is 5.32 Å². The quantitative estimate of drug-likeness (QED) is 0.866. The molecule has 6 heteroatoms. The van der Waals surface area contributed by atoms with Crippen LogP contribution in [0.25, 0.3) is 0 Å². The number of amides is 3. The number of hydrogen-bond donors (Lipinski definition) is 2. The van der Waals surface area contributed by atoms with Crippen LogP contribution >= 0.6 is 0 Å². The number of primary amides is 1. The molecule has 0 fully saturated rings. The smallest absolute Gasteiger partial charge is 0.323 e. The van der Waals surface area contributed by atoms with Crippen LogP contribution in [0, 0.1) is 5.82 Å². The van der Waals surface area contributed by atoms with Crippen molar-refractivity contribution in [1.29, 1.82) is 0 Å². The van der Waals surface area contributed by atoms with Crippen LogP contribution in [0.4, 0.5) is 14.9 Å². The van der Waals surface area contributed by atoms with Crippen LogP contribution in [0.15, 0.2) is 48.5 Å². The number of fused-ring (bicyclic) bond motifs is 1. The molecule has 1 aliphatic heterocycles. The van der Waals surface area contributed by atoms with Crippen molar-refractivity contribution in [3.63, 3.8) is 0 Å². The molecule has 1 aliphatic rings. The van der Waals surface area contributed by atoms with Gasteiger partial charge in [-0.1, -0.05) is 37.3 Å². The van der Waals surface area contributed by atoms with Gasteiger partial charge in [-0.05, 0) is 55.0 Å². The summed E-state index contributed by atoms with van der Waals surface area (Å²) in [5.74, 6) is -1.20. The maximum absolute atomic E-state index is 13.8. The lowest BCUT2D eigenvalue weighted by Crippen LogP contribution is -2.58. The maximum atomic E-state index is 13.8. The van der Waals surface area contributed by atoms with Gasteiger partial charge in [0.1, 0.15) is 11.4 Å². The van der Waals surface area contributed by atoms with Gasteiger partial charge < -0.3 is 11.1 Å². The number of carbonyl (C=O) groups excluding carboxylic acids is 2. The molecule has 1 unspecified atom stereocenters. The Bertz CT molecular complexity index is 855. The number of hydrogen-bond acceptors (Lipinski definition) is 2. The van der Waals surface area contributed by atoms with Crippen molar-refractivity contribution in [2.24, 2.45) is 5.73 Å². The van der Waals surface area contributed by atoms with Crippen LogP contribution in [0.2, 0.25) is 0 Å². The molecule has 0 radical (unpaired) electrons. The third-order valence-electron chi connectivity index (χ3n) is 5.19. The minimum Gasteiger partial charge on any atom is -0.367 e. The van der Waals surface area contributed by atoms with Crippen molar-refractivity contribution >= 4 is 17.6 Å². The molecule has 0 aromatic heterocycles. The summed E-state index contributed by atoms with van der Waals surface area (Å²) < 4.78 is 13.8. The standard InChI is InChI=1S/C21H24FN3O2/c1-2-21(19(23)26,16-10-7-11-17(22)14-16)24-20(27)25-13-6-5-9-15-8-3-4-12-18(15)25/h3-4,7-8,10-12,14H,2,5-6,9,13H2,1H3,(H2,23,26)(H,24,27). The summed E-state index contributed by atoms with van der Waals surface area (Å²) >= 11 is 0. The minimum absolute atomic E-state index is 0.215. The van der Waals surface area contributed by atoms with E-state index in [-0.39, 0.29) is 6.42 Å². The van der Waals surface area contributed by atoms with Gasteiger partial charge in [0.15, 0.2) is 0 Å². The van der Waals surface area contributed by atoms with Crippen molar-refractivity contribution in [2.45, 2.75) is 38.1 Å². The molecule has 2 aromatic carbocycles. The van der Waals surface area contributed by atoms with E-state index in [4.69, 9.17) is 5.73 Å². The summed E-state index contributed by atoms with van der Waals surface area (Å²) in [6, 6.07) is 13.0. The molecule has 3 amide bonds. The lowest BCUT2D eigenvalue weighted by Gasteiger charge is -2.34. The Balaban J connectivity index is 1.97. The molecule has 1 heterocycles. The molecule has 0 saturated heterocycles. The van der Waals surface area contributed by atoms with Gasteiger partial charge in [0.05, 0.1) is 0 Å². The van der Waals surface area contributed by atoms with Crippen molar-refractivity contribution in [3.05, 3.63) is 65.5 Å². The largest absolute Gasteiger partial charge is 0.367 e. The van der Waals surface area contributed by atoms with Crippen LogP contribution in [0.1, 0.15) is 37.3 Å². The number of aryl methyl sites for hydroxylation is 1. The van der Waals surface area contributed by atoms with Gasteiger partial charge in [0.2, 0.25) is 5.91 Å². The third kappa shape index (κ3) is 3.65. The fourth-order valence-corrected chi connectivity index (χ4v) is 3.65. The molecular weight excluding hydrogens is 345 g/mol. The summed E-state index contributed by atoms with van der Waals surface area (Å²) in [7, 11) is 0. The highest BCUT2D eigenvalue weighted by atomic mass is 19.1. The number of anilines is 1. The van der Waals surface area contributed by atoms with Crippen molar-refractivity contribution in [2.75, 3.05) is 11.4 Å². The Morgan fingerprint density at radius 3 is 2.67 bits per heavy atom. The number of para-hydroxylation sites is 1.